The smallest absolute Gasteiger partial charge is 0.407 e. The molecule has 1 spiro atoms. The van der Waals surface area contributed by atoms with E-state index in [1.165, 1.54) is 0 Å². The van der Waals surface area contributed by atoms with Crippen LogP contribution in [0.15, 0.2) is 24.5 Å². The van der Waals surface area contributed by atoms with Crippen molar-refractivity contribution in [1.82, 2.24) is 15.2 Å². The average Bonchev–Trinajstić information content (AvgIpc) is 2.81. The number of rotatable bonds is 1. The molecule has 1 aromatic heterocycles. The number of nitrogens with zero attached hydrogens (tertiary/aromatic N) is 2. The standard InChI is InChI=1S/C13H15N3O3/c17-11(10-1-5-14-6-2-10)16-7-3-13(4-8-16)9-15-12(18)19-13/h1-2,5-6H,3-4,7-9H2,(H,15,18). The Morgan fingerprint density at radius 2 is 2.00 bits per heavy atom. The average molecular weight is 261 g/mol. The molecule has 3 heterocycles. The van der Waals surface area contributed by atoms with Crippen molar-refractivity contribution in [2.75, 3.05) is 19.6 Å². The number of carbonyl (C=O) groups excluding carboxylic acids is 2. The van der Waals surface area contributed by atoms with Crippen molar-refractivity contribution in [1.29, 1.82) is 0 Å². The van der Waals surface area contributed by atoms with E-state index in [9.17, 15) is 9.59 Å². The Morgan fingerprint density at radius 1 is 1.32 bits per heavy atom. The molecule has 0 unspecified atom stereocenters. The van der Waals surface area contributed by atoms with Crippen LogP contribution in [0.5, 0.6) is 0 Å². The van der Waals surface area contributed by atoms with E-state index < -0.39 is 5.60 Å². The van der Waals surface area contributed by atoms with Crippen molar-refractivity contribution < 1.29 is 14.3 Å². The SMILES string of the molecule is O=C1NCC2(CCN(C(=O)c3ccncc3)CC2)O1. The van der Waals surface area contributed by atoms with Crippen LogP contribution < -0.4 is 5.32 Å². The molecule has 2 amide bonds. The first-order valence-electron chi connectivity index (χ1n) is 6.35. The maximum Gasteiger partial charge on any atom is 0.407 e. The summed E-state index contributed by atoms with van der Waals surface area (Å²) in [5.41, 5.74) is 0.235. The number of alkyl carbamates (subject to hydrolysis) is 1. The maximum atomic E-state index is 12.2. The van der Waals surface area contributed by atoms with Gasteiger partial charge in [-0.05, 0) is 12.1 Å². The molecule has 6 nitrogen and oxygen atoms in total. The molecule has 0 saturated carbocycles. The number of ether oxygens (including phenoxy) is 1. The van der Waals surface area contributed by atoms with Crippen LogP contribution in [0.3, 0.4) is 0 Å². The van der Waals surface area contributed by atoms with Gasteiger partial charge < -0.3 is 15.0 Å². The van der Waals surface area contributed by atoms with Crippen LogP contribution in [0, 0.1) is 0 Å². The van der Waals surface area contributed by atoms with E-state index in [1.807, 2.05) is 0 Å². The molecule has 0 radical (unpaired) electrons. The van der Waals surface area contributed by atoms with Gasteiger partial charge in [0.05, 0.1) is 6.54 Å². The minimum atomic E-state index is -0.411. The fourth-order valence-electron chi connectivity index (χ4n) is 2.58. The summed E-state index contributed by atoms with van der Waals surface area (Å²) in [6.07, 6.45) is 4.24. The minimum absolute atomic E-state index is 0.00883. The molecule has 1 N–H and O–H groups in total. The van der Waals surface area contributed by atoms with Crippen molar-refractivity contribution in [2.45, 2.75) is 18.4 Å². The van der Waals surface area contributed by atoms with Crippen molar-refractivity contribution >= 4 is 12.0 Å². The first kappa shape index (κ1) is 12.0. The predicted molar refractivity (Wildman–Crippen MR) is 66.6 cm³/mol. The van der Waals surface area contributed by atoms with E-state index in [4.69, 9.17) is 4.74 Å². The molecule has 3 rings (SSSR count). The summed E-state index contributed by atoms with van der Waals surface area (Å²) >= 11 is 0. The van der Waals surface area contributed by atoms with Crippen LogP contribution in [-0.4, -0.2) is 47.1 Å². The zero-order valence-corrected chi connectivity index (χ0v) is 10.5. The second-order valence-electron chi connectivity index (χ2n) is 4.95. The number of nitrogens with one attached hydrogen (secondary N) is 1. The van der Waals surface area contributed by atoms with Gasteiger partial charge in [0.2, 0.25) is 0 Å². The highest BCUT2D eigenvalue weighted by Gasteiger charge is 2.43. The lowest BCUT2D eigenvalue weighted by atomic mass is 9.91. The summed E-state index contributed by atoms with van der Waals surface area (Å²) in [7, 11) is 0. The van der Waals surface area contributed by atoms with Crippen molar-refractivity contribution in [2.24, 2.45) is 0 Å². The molecular formula is C13H15N3O3. The number of carbonyl (C=O) groups is 2. The fourth-order valence-corrected chi connectivity index (χ4v) is 2.58. The third kappa shape index (κ3) is 2.25. The van der Waals surface area contributed by atoms with Gasteiger partial charge in [-0.25, -0.2) is 4.79 Å². The van der Waals surface area contributed by atoms with Gasteiger partial charge >= 0.3 is 6.09 Å². The first-order valence-corrected chi connectivity index (χ1v) is 6.35. The van der Waals surface area contributed by atoms with E-state index in [0.29, 0.717) is 38.0 Å². The van der Waals surface area contributed by atoms with Crippen molar-refractivity contribution in [3.8, 4) is 0 Å². The third-order valence-electron chi connectivity index (χ3n) is 3.75. The highest BCUT2D eigenvalue weighted by Crippen LogP contribution is 2.29. The number of piperidine rings is 1. The molecule has 1 aromatic rings. The van der Waals surface area contributed by atoms with Gasteiger partial charge in [-0.15, -0.1) is 0 Å². The van der Waals surface area contributed by atoms with Crippen LogP contribution in [0.4, 0.5) is 4.79 Å². The zero-order chi connectivity index (χ0) is 13.3. The van der Waals surface area contributed by atoms with Crippen molar-refractivity contribution in [3.63, 3.8) is 0 Å². The van der Waals surface area contributed by atoms with Gasteiger partial charge in [0.25, 0.3) is 5.91 Å². The minimum Gasteiger partial charge on any atom is -0.441 e. The Labute approximate surface area is 110 Å². The lowest BCUT2D eigenvalue weighted by Crippen LogP contribution is -2.48. The van der Waals surface area contributed by atoms with E-state index >= 15 is 0 Å². The van der Waals surface area contributed by atoms with Gasteiger partial charge in [0.1, 0.15) is 5.60 Å². The van der Waals surface area contributed by atoms with Crippen molar-refractivity contribution in [3.05, 3.63) is 30.1 Å². The van der Waals surface area contributed by atoms with Crippen LogP contribution >= 0.6 is 0 Å². The first-order chi connectivity index (χ1) is 9.19. The van der Waals surface area contributed by atoms with Gasteiger partial charge in [-0.2, -0.15) is 0 Å². The number of amides is 2. The van der Waals surface area contributed by atoms with E-state index in [0.717, 1.165) is 0 Å². The fraction of sp³-hybridized carbons (Fsp3) is 0.462. The number of likely N-dealkylation sites (tertiary alicyclic amines) is 1. The van der Waals surface area contributed by atoms with Crippen LogP contribution in [0.1, 0.15) is 23.2 Å². The maximum absolute atomic E-state index is 12.2. The quantitative estimate of drug-likeness (QED) is 0.811. The van der Waals surface area contributed by atoms with E-state index in [1.54, 1.807) is 29.4 Å². The van der Waals surface area contributed by atoms with Gasteiger partial charge in [0, 0.05) is 43.9 Å². The summed E-state index contributed by atoms with van der Waals surface area (Å²) in [6.45, 7) is 1.76. The molecule has 19 heavy (non-hydrogen) atoms. The molecule has 6 heteroatoms. The summed E-state index contributed by atoms with van der Waals surface area (Å²) < 4.78 is 5.33. The normalized spacial score (nSPS) is 21.1. The summed E-state index contributed by atoms with van der Waals surface area (Å²) in [6, 6.07) is 3.42. The van der Waals surface area contributed by atoms with E-state index in [2.05, 4.69) is 10.3 Å². The largest absolute Gasteiger partial charge is 0.441 e. The Morgan fingerprint density at radius 3 is 2.58 bits per heavy atom. The molecule has 2 saturated heterocycles. The highest BCUT2D eigenvalue weighted by molar-refractivity contribution is 5.94. The van der Waals surface area contributed by atoms with Crippen LogP contribution in [-0.2, 0) is 4.74 Å². The molecule has 2 fully saturated rings. The summed E-state index contributed by atoms with van der Waals surface area (Å²) in [5.74, 6) is 0.00883. The molecule has 0 aromatic carbocycles. The highest BCUT2D eigenvalue weighted by atomic mass is 16.6. The van der Waals surface area contributed by atoms with Gasteiger partial charge in [0.15, 0.2) is 0 Å². The molecule has 0 atom stereocenters. The Hall–Kier alpha value is -2.11. The number of hydrogen-bond acceptors (Lipinski definition) is 4. The number of hydrogen-bond donors (Lipinski definition) is 1. The van der Waals surface area contributed by atoms with E-state index in [-0.39, 0.29) is 12.0 Å². The third-order valence-corrected chi connectivity index (χ3v) is 3.75. The second-order valence-corrected chi connectivity index (χ2v) is 4.95. The molecule has 100 valence electrons. The zero-order valence-electron chi connectivity index (χ0n) is 10.5. The molecule has 2 aliphatic rings. The van der Waals surface area contributed by atoms with Crippen LogP contribution in [0.25, 0.3) is 0 Å². The lowest BCUT2D eigenvalue weighted by molar-refractivity contribution is 0.00331. The lowest BCUT2D eigenvalue weighted by Gasteiger charge is -2.37. The monoisotopic (exact) mass is 261 g/mol. The molecule has 0 bridgehead atoms. The Balaban J connectivity index is 1.64. The van der Waals surface area contributed by atoms with Crippen LogP contribution in [0.2, 0.25) is 0 Å². The van der Waals surface area contributed by atoms with Gasteiger partial charge in [-0.1, -0.05) is 0 Å². The Kier molecular flexibility index (Phi) is 2.85. The molecule has 0 aliphatic carbocycles. The Bertz CT molecular complexity index is 495. The number of aromatic nitrogens is 1. The van der Waals surface area contributed by atoms with Gasteiger partial charge in [-0.3, -0.25) is 9.78 Å². The predicted octanol–water partition coefficient (Wildman–Crippen LogP) is 0.796. The topological polar surface area (TPSA) is 71.5 Å². The molecule has 2 aliphatic heterocycles. The molecular weight excluding hydrogens is 246 g/mol. The second kappa shape index (κ2) is 4.53. The number of pyridine rings is 1. The summed E-state index contributed by atoms with van der Waals surface area (Å²) in [5, 5.41) is 2.68. The summed E-state index contributed by atoms with van der Waals surface area (Å²) in [4.78, 5) is 29.1.